The van der Waals surface area contributed by atoms with Gasteiger partial charge in [0, 0.05) is 0 Å². The molecule has 0 saturated heterocycles. The van der Waals surface area contributed by atoms with E-state index in [9.17, 15) is 14.4 Å². The first-order valence-electron chi connectivity index (χ1n) is 3.07. The van der Waals surface area contributed by atoms with Gasteiger partial charge in [-0.2, -0.15) is 0 Å². The van der Waals surface area contributed by atoms with Crippen molar-refractivity contribution in [3.63, 3.8) is 0 Å². The predicted molar refractivity (Wildman–Crippen MR) is 37.9 cm³/mol. The number of nitrogens with one attached hydrogen (secondary N) is 1. The molecule has 0 radical (unpaired) electrons. The fourth-order valence-electron chi connectivity index (χ4n) is 0.526. The van der Waals surface area contributed by atoms with Crippen LogP contribution in [0.3, 0.4) is 0 Å². The van der Waals surface area contributed by atoms with Gasteiger partial charge in [0.15, 0.2) is 5.78 Å². The normalized spacial score (nSPS) is 8.82. The number of amides is 2. The van der Waals surface area contributed by atoms with E-state index in [-0.39, 0.29) is 24.5 Å². The van der Waals surface area contributed by atoms with E-state index in [2.05, 4.69) is 11.1 Å². The van der Waals surface area contributed by atoms with Crippen LogP contribution >= 0.6 is 0 Å². The highest BCUT2D eigenvalue weighted by atomic mass is 16.2. The molecule has 0 aromatic carbocycles. The molecule has 0 aliphatic carbocycles. The number of Topliss-reactive ketones (excluding diaryl/α,β-unsaturated/α-hetero) is 2. The number of primary amides is 1. The predicted octanol–water partition coefficient (Wildman–Crippen LogP) is -0.797. The van der Waals surface area contributed by atoms with Gasteiger partial charge in [0.25, 0.3) is 0 Å². The summed E-state index contributed by atoms with van der Waals surface area (Å²) in [5.41, 5.74) is 4.68. The molecule has 3 N–H and O–H groups in total. The monoisotopic (exact) mass is 158 g/mol. The Hall–Kier alpha value is -1.39. The van der Waals surface area contributed by atoms with Crippen LogP contribution in [0.1, 0.15) is 13.3 Å². The molecule has 0 aromatic heterocycles. The summed E-state index contributed by atoms with van der Waals surface area (Å²) in [6.07, 6.45) is -0.152. The molecule has 11 heavy (non-hydrogen) atoms. The Labute approximate surface area is 63.9 Å². The van der Waals surface area contributed by atoms with Crippen LogP contribution in [-0.4, -0.2) is 24.1 Å². The van der Waals surface area contributed by atoms with Crippen LogP contribution in [0.2, 0.25) is 0 Å². The van der Waals surface area contributed by atoms with Gasteiger partial charge in [0.05, 0.1) is 13.0 Å². The summed E-state index contributed by atoms with van der Waals surface area (Å²) in [5, 5.41) is 2.09. The second-order valence-electron chi connectivity index (χ2n) is 2.14. The van der Waals surface area contributed by atoms with E-state index >= 15 is 0 Å². The lowest BCUT2D eigenvalue weighted by atomic mass is 10.2. The second-order valence-corrected chi connectivity index (χ2v) is 2.14. The van der Waals surface area contributed by atoms with Gasteiger partial charge in [0.2, 0.25) is 0 Å². The molecule has 0 atom stereocenters. The SMILES string of the molecule is CC(=O)CC(=O)CNC(N)=O. The van der Waals surface area contributed by atoms with E-state index in [4.69, 9.17) is 0 Å². The summed E-state index contributed by atoms with van der Waals surface area (Å²) < 4.78 is 0. The first-order valence-corrected chi connectivity index (χ1v) is 3.07. The van der Waals surface area contributed by atoms with Gasteiger partial charge in [-0.15, -0.1) is 0 Å². The molecule has 0 aliphatic rings. The van der Waals surface area contributed by atoms with Gasteiger partial charge in [-0.3, -0.25) is 9.59 Å². The minimum Gasteiger partial charge on any atom is -0.352 e. The summed E-state index contributed by atoms with van der Waals surface area (Å²) in [4.78, 5) is 31.1. The smallest absolute Gasteiger partial charge is 0.312 e. The molecule has 2 amide bonds. The Morgan fingerprint density at radius 2 is 1.91 bits per heavy atom. The first-order chi connectivity index (χ1) is 5.02. The van der Waals surface area contributed by atoms with E-state index in [1.807, 2.05) is 0 Å². The lowest BCUT2D eigenvalue weighted by molar-refractivity contribution is -0.125. The van der Waals surface area contributed by atoms with Crippen LogP contribution < -0.4 is 11.1 Å². The lowest BCUT2D eigenvalue weighted by Crippen LogP contribution is -2.34. The first kappa shape index (κ1) is 9.61. The minimum atomic E-state index is -0.762. The molecule has 0 aliphatic heterocycles. The van der Waals surface area contributed by atoms with Gasteiger partial charge >= 0.3 is 6.03 Å². The quantitative estimate of drug-likeness (QED) is 0.525. The maximum absolute atomic E-state index is 10.7. The third-order valence-corrected chi connectivity index (χ3v) is 0.906. The van der Waals surface area contributed by atoms with Crippen molar-refractivity contribution in [1.29, 1.82) is 0 Å². The van der Waals surface area contributed by atoms with Crippen LogP contribution in [-0.2, 0) is 9.59 Å². The summed E-state index contributed by atoms with van der Waals surface area (Å²) in [6, 6.07) is -0.762. The third kappa shape index (κ3) is 6.50. The van der Waals surface area contributed by atoms with E-state index in [1.165, 1.54) is 6.92 Å². The maximum Gasteiger partial charge on any atom is 0.312 e. The molecule has 0 aromatic rings. The van der Waals surface area contributed by atoms with Gasteiger partial charge in [-0.05, 0) is 6.92 Å². The Balaban J connectivity index is 3.53. The highest BCUT2D eigenvalue weighted by Gasteiger charge is 2.04. The van der Waals surface area contributed by atoms with Crippen molar-refractivity contribution in [2.24, 2.45) is 5.73 Å². The average Bonchev–Trinajstić information content (AvgIpc) is 1.82. The maximum atomic E-state index is 10.7. The number of hydrogen-bond donors (Lipinski definition) is 2. The molecule has 0 saturated carbocycles. The molecular formula is C6H10N2O3. The molecule has 0 spiro atoms. The number of carbonyl (C=O) groups excluding carboxylic acids is 3. The standard InChI is InChI=1S/C6H10N2O3/c1-4(9)2-5(10)3-8-6(7)11/h2-3H2,1H3,(H3,7,8,11). The van der Waals surface area contributed by atoms with Crippen molar-refractivity contribution in [2.75, 3.05) is 6.54 Å². The zero-order valence-corrected chi connectivity index (χ0v) is 6.22. The van der Waals surface area contributed by atoms with E-state index < -0.39 is 6.03 Å². The van der Waals surface area contributed by atoms with Crippen molar-refractivity contribution < 1.29 is 14.4 Å². The van der Waals surface area contributed by atoms with Crippen molar-refractivity contribution in [3.05, 3.63) is 0 Å². The molecule has 0 bridgehead atoms. The second kappa shape index (κ2) is 4.43. The van der Waals surface area contributed by atoms with Crippen molar-refractivity contribution >= 4 is 17.6 Å². The molecule has 0 heterocycles. The third-order valence-electron chi connectivity index (χ3n) is 0.906. The molecular weight excluding hydrogens is 148 g/mol. The number of rotatable bonds is 4. The van der Waals surface area contributed by atoms with E-state index in [0.717, 1.165) is 0 Å². The van der Waals surface area contributed by atoms with Gasteiger partial charge < -0.3 is 11.1 Å². The molecule has 5 nitrogen and oxygen atoms in total. The molecule has 0 rings (SSSR count). The van der Waals surface area contributed by atoms with Crippen LogP contribution in [0.4, 0.5) is 4.79 Å². The average molecular weight is 158 g/mol. The van der Waals surface area contributed by atoms with E-state index in [1.54, 1.807) is 0 Å². The Morgan fingerprint density at radius 3 is 2.27 bits per heavy atom. The Morgan fingerprint density at radius 1 is 1.36 bits per heavy atom. The highest BCUT2D eigenvalue weighted by molar-refractivity contribution is 5.99. The minimum absolute atomic E-state index is 0.152. The number of carbonyl (C=O) groups is 3. The molecule has 5 heteroatoms. The van der Waals surface area contributed by atoms with Crippen molar-refractivity contribution in [3.8, 4) is 0 Å². The van der Waals surface area contributed by atoms with Gasteiger partial charge in [0.1, 0.15) is 5.78 Å². The Bertz CT molecular complexity index is 188. The van der Waals surface area contributed by atoms with Crippen LogP contribution in [0.15, 0.2) is 0 Å². The van der Waals surface area contributed by atoms with Crippen LogP contribution in [0, 0.1) is 0 Å². The number of nitrogens with two attached hydrogens (primary N) is 1. The van der Waals surface area contributed by atoms with Crippen LogP contribution in [0.25, 0.3) is 0 Å². The molecule has 0 fully saturated rings. The largest absolute Gasteiger partial charge is 0.352 e. The van der Waals surface area contributed by atoms with Gasteiger partial charge in [-0.1, -0.05) is 0 Å². The Kier molecular flexibility index (Phi) is 3.87. The number of urea groups is 1. The molecule has 0 unspecified atom stereocenters. The summed E-state index contributed by atoms with van der Waals surface area (Å²) in [6.45, 7) is 1.14. The summed E-state index contributed by atoms with van der Waals surface area (Å²) >= 11 is 0. The highest BCUT2D eigenvalue weighted by Crippen LogP contribution is 1.82. The van der Waals surface area contributed by atoms with Crippen molar-refractivity contribution in [2.45, 2.75) is 13.3 Å². The zero-order chi connectivity index (χ0) is 8.85. The summed E-state index contributed by atoms with van der Waals surface area (Å²) in [7, 11) is 0. The van der Waals surface area contributed by atoms with Crippen molar-refractivity contribution in [1.82, 2.24) is 5.32 Å². The fourth-order valence-corrected chi connectivity index (χ4v) is 0.526. The fraction of sp³-hybridized carbons (Fsp3) is 0.500. The van der Waals surface area contributed by atoms with E-state index in [0.29, 0.717) is 0 Å². The zero-order valence-electron chi connectivity index (χ0n) is 6.22. The number of ketones is 2. The molecule has 62 valence electrons. The summed E-state index contributed by atoms with van der Waals surface area (Å²) in [5.74, 6) is -0.558. The topological polar surface area (TPSA) is 89.3 Å². The van der Waals surface area contributed by atoms with Crippen LogP contribution in [0.5, 0.6) is 0 Å². The number of hydrogen-bond acceptors (Lipinski definition) is 3. The lowest BCUT2D eigenvalue weighted by Gasteiger charge is -1.97. The van der Waals surface area contributed by atoms with Gasteiger partial charge in [-0.25, -0.2) is 4.79 Å².